The lowest BCUT2D eigenvalue weighted by Gasteiger charge is -2.07. The molecule has 0 spiro atoms. The summed E-state index contributed by atoms with van der Waals surface area (Å²) in [4.78, 5) is 0. The van der Waals surface area contributed by atoms with Crippen LogP contribution in [0, 0.1) is 6.92 Å². The average molecular weight is 308 g/mol. The number of benzene rings is 1. The van der Waals surface area contributed by atoms with Gasteiger partial charge in [0.1, 0.15) is 11.5 Å². The lowest BCUT2D eigenvalue weighted by molar-refractivity contribution is 0.481. The minimum Gasteiger partial charge on any atom is -0.461 e. The Kier molecular flexibility index (Phi) is 4.25. The largest absolute Gasteiger partial charge is 0.461 e. The number of aryl methyl sites for hydroxylation is 1. The number of halogens is 1. The summed E-state index contributed by atoms with van der Waals surface area (Å²) in [6.45, 7) is 4.22. The summed E-state index contributed by atoms with van der Waals surface area (Å²) in [5.41, 5.74) is 2.34. The Morgan fingerprint density at radius 3 is 2.72 bits per heavy atom. The van der Waals surface area contributed by atoms with Crippen molar-refractivity contribution in [3.8, 4) is 11.3 Å². The van der Waals surface area contributed by atoms with Crippen molar-refractivity contribution < 1.29 is 4.42 Å². The second-order valence-electron chi connectivity index (χ2n) is 4.62. The smallest absolute Gasteiger partial charge is 0.134 e. The van der Waals surface area contributed by atoms with Crippen LogP contribution in [0.3, 0.4) is 0 Å². The molecular formula is C15H18BrNO. The van der Waals surface area contributed by atoms with E-state index in [4.69, 9.17) is 4.42 Å². The highest BCUT2D eigenvalue weighted by Gasteiger charge is 2.08. The summed E-state index contributed by atoms with van der Waals surface area (Å²) in [6.07, 6.45) is 0.906. The molecule has 0 bridgehead atoms. The van der Waals surface area contributed by atoms with Gasteiger partial charge in [0.05, 0.1) is 0 Å². The summed E-state index contributed by atoms with van der Waals surface area (Å²) in [7, 11) is 1.96. The van der Waals surface area contributed by atoms with Crippen molar-refractivity contribution in [2.45, 2.75) is 26.3 Å². The SMILES string of the molecule is CNC(C)Cc1ccc(-c2ccc(C)c(Br)c2)o1. The van der Waals surface area contributed by atoms with Gasteiger partial charge in [-0.2, -0.15) is 0 Å². The van der Waals surface area contributed by atoms with Crippen LogP contribution in [0.1, 0.15) is 18.2 Å². The predicted molar refractivity (Wildman–Crippen MR) is 78.8 cm³/mol. The number of likely N-dealkylation sites (N-methyl/N-ethyl adjacent to an activating group) is 1. The van der Waals surface area contributed by atoms with Gasteiger partial charge >= 0.3 is 0 Å². The van der Waals surface area contributed by atoms with E-state index in [1.165, 1.54) is 5.56 Å². The van der Waals surface area contributed by atoms with Gasteiger partial charge in [-0.05, 0) is 44.7 Å². The summed E-state index contributed by atoms with van der Waals surface area (Å²) >= 11 is 3.55. The average Bonchev–Trinajstić information content (AvgIpc) is 2.81. The molecule has 96 valence electrons. The molecule has 0 saturated heterocycles. The topological polar surface area (TPSA) is 25.2 Å². The fraction of sp³-hybridized carbons (Fsp3) is 0.333. The zero-order valence-electron chi connectivity index (χ0n) is 11.0. The van der Waals surface area contributed by atoms with Gasteiger partial charge in [-0.25, -0.2) is 0 Å². The van der Waals surface area contributed by atoms with Gasteiger partial charge in [-0.3, -0.25) is 0 Å². The van der Waals surface area contributed by atoms with Crippen LogP contribution in [0.15, 0.2) is 39.2 Å². The quantitative estimate of drug-likeness (QED) is 0.917. The summed E-state index contributed by atoms with van der Waals surface area (Å²) in [6, 6.07) is 10.8. The van der Waals surface area contributed by atoms with Crippen molar-refractivity contribution in [2.75, 3.05) is 7.05 Å². The Morgan fingerprint density at radius 1 is 1.28 bits per heavy atom. The first-order chi connectivity index (χ1) is 8.60. The maximum Gasteiger partial charge on any atom is 0.134 e. The van der Waals surface area contributed by atoms with Crippen LogP contribution < -0.4 is 5.32 Å². The number of rotatable bonds is 4. The number of nitrogens with one attached hydrogen (secondary N) is 1. The van der Waals surface area contributed by atoms with Crippen LogP contribution in [0.5, 0.6) is 0 Å². The zero-order valence-corrected chi connectivity index (χ0v) is 12.5. The van der Waals surface area contributed by atoms with Crippen molar-refractivity contribution in [1.29, 1.82) is 0 Å². The predicted octanol–water partition coefficient (Wildman–Crippen LogP) is 4.17. The van der Waals surface area contributed by atoms with E-state index in [0.717, 1.165) is 28.0 Å². The first-order valence-electron chi connectivity index (χ1n) is 6.12. The van der Waals surface area contributed by atoms with E-state index in [0.29, 0.717) is 6.04 Å². The Hall–Kier alpha value is -1.06. The van der Waals surface area contributed by atoms with E-state index < -0.39 is 0 Å². The number of hydrogen-bond acceptors (Lipinski definition) is 2. The second-order valence-corrected chi connectivity index (χ2v) is 5.48. The molecule has 1 N–H and O–H groups in total. The summed E-state index contributed by atoms with van der Waals surface area (Å²) in [5, 5.41) is 3.21. The fourth-order valence-corrected chi connectivity index (χ4v) is 2.17. The molecular weight excluding hydrogens is 290 g/mol. The van der Waals surface area contributed by atoms with Crippen molar-refractivity contribution in [3.63, 3.8) is 0 Å². The van der Waals surface area contributed by atoms with E-state index in [2.05, 4.69) is 59.4 Å². The molecule has 18 heavy (non-hydrogen) atoms. The highest BCUT2D eigenvalue weighted by atomic mass is 79.9. The van der Waals surface area contributed by atoms with Crippen molar-refractivity contribution >= 4 is 15.9 Å². The molecule has 0 saturated carbocycles. The molecule has 0 radical (unpaired) electrons. The molecule has 3 heteroatoms. The maximum absolute atomic E-state index is 5.88. The number of furan rings is 1. The Labute approximate surface area is 117 Å². The van der Waals surface area contributed by atoms with Gasteiger partial charge in [0, 0.05) is 22.5 Å². The maximum atomic E-state index is 5.88. The van der Waals surface area contributed by atoms with Crippen LogP contribution in [0.25, 0.3) is 11.3 Å². The standard InChI is InChI=1S/C15H18BrNO/c1-10-4-5-12(9-14(10)16)15-7-6-13(18-15)8-11(2)17-3/h4-7,9,11,17H,8H2,1-3H3. The lowest BCUT2D eigenvalue weighted by Crippen LogP contribution is -2.23. The van der Waals surface area contributed by atoms with Crippen molar-refractivity contribution in [2.24, 2.45) is 0 Å². The van der Waals surface area contributed by atoms with E-state index in [9.17, 15) is 0 Å². The minimum atomic E-state index is 0.425. The van der Waals surface area contributed by atoms with Crippen LogP contribution in [-0.2, 0) is 6.42 Å². The van der Waals surface area contributed by atoms with Gasteiger partial charge in [0.25, 0.3) is 0 Å². The molecule has 2 nitrogen and oxygen atoms in total. The Morgan fingerprint density at radius 2 is 2.06 bits per heavy atom. The van der Waals surface area contributed by atoms with Crippen LogP contribution in [0.4, 0.5) is 0 Å². The molecule has 1 aromatic heterocycles. The third-order valence-corrected chi connectivity index (χ3v) is 3.97. The molecule has 1 heterocycles. The summed E-state index contributed by atoms with van der Waals surface area (Å²) in [5.74, 6) is 1.94. The highest BCUT2D eigenvalue weighted by Crippen LogP contribution is 2.27. The molecule has 1 unspecified atom stereocenters. The highest BCUT2D eigenvalue weighted by molar-refractivity contribution is 9.10. The fourth-order valence-electron chi connectivity index (χ4n) is 1.79. The normalized spacial score (nSPS) is 12.7. The third-order valence-electron chi connectivity index (χ3n) is 3.12. The van der Waals surface area contributed by atoms with Crippen molar-refractivity contribution in [3.05, 3.63) is 46.1 Å². The molecule has 0 amide bonds. The lowest BCUT2D eigenvalue weighted by atomic mass is 10.1. The van der Waals surface area contributed by atoms with Gasteiger partial charge < -0.3 is 9.73 Å². The minimum absolute atomic E-state index is 0.425. The van der Waals surface area contributed by atoms with E-state index in [-0.39, 0.29) is 0 Å². The molecule has 1 atom stereocenters. The first kappa shape index (κ1) is 13.4. The van der Waals surface area contributed by atoms with Crippen LogP contribution in [0.2, 0.25) is 0 Å². The van der Waals surface area contributed by atoms with Gasteiger partial charge in [0.2, 0.25) is 0 Å². The van der Waals surface area contributed by atoms with Crippen molar-refractivity contribution in [1.82, 2.24) is 5.32 Å². The van der Waals surface area contributed by atoms with Gasteiger partial charge in [0.15, 0.2) is 0 Å². The molecule has 2 rings (SSSR count). The van der Waals surface area contributed by atoms with Gasteiger partial charge in [-0.1, -0.05) is 28.1 Å². The molecule has 0 aliphatic carbocycles. The molecule has 0 aliphatic heterocycles. The summed E-state index contributed by atoms with van der Waals surface area (Å²) < 4.78 is 6.99. The van der Waals surface area contributed by atoms with Crippen LogP contribution in [-0.4, -0.2) is 13.1 Å². The van der Waals surface area contributed by atoms with E-state index >= 15 is 0 Å². The molecule has 1 aromatic carbocycles. The monoisotopic (exact) mass is 307 g/mol. The van der Waals surface area contributed by atoms with E-state index in [1.54, 1.807) is 0 Å². The Bertz CT molecular complexity index is 533. The van der Waals surface area contributed by atoms with Crippen LogP contribution >= 0.6 is 15.9 Å². The van der Waals surface area contributed by atoms with E-state index in [1.807, 2.05) is 13.1 Å². The zero-order chi connectivity index (χ0) is 13.1. The van der Waals surface area contributed by atoms with Gasteiger partial charge in [-0.15, -0.1) is 0 Å². The molecule has 0 aliphatic rings. The third kappa shape index (κ3) is 3.03. The molecule has 2 aromatic rings. The number of hydrogen-bond donors (Lipinski definition) is 1. The first-order valence-corrected chi connectivity index (χ1v) is 6.92. The molecule has 0 fully saturated rings. The Balaban J connectivity index is 2.21. The second kappa shape index (κ2) is 5.72.